The Bertz CT molecular complexity index is 859. The lowest BCUT2D eigenvalue weighted by Crippen LogP contribution is -2.13. The maximum Gasteiger partial charge on any atom is 0.341 e. The number of ether oxygens (including phenoxy) is 1. The molecule has 0 bridgehead atoms. The minimum absolute atomic E-state index is 0.219. The second kappa shape index (κ2) is 5.96. The molecule has 2 aromatic carbocycles. The van der Waals surface area contributed by atoms with E-state index in [-0.39, 0.29) is 12.0 Å². The van der Waals surface area contributed by atoms with Crippen LogP contribution in [0, 0.1) is 0 Å². The first-order valence-corrected chi connectivity index (χ1v) is 8.06. The summed E-state index contributed by atoms with van der Waals surface area (Å²) in [5.41, 5.74) is 5.04. The van der Waals surface area contributed by atoms with Crippen molar-refractivity contribution < 1.29 is 9.53 Å². The first-order chi connectivity index (χ1) is 11.8. The number of hydrogen-bond donors (Lipinski definition) is 0. The molecule has 1 aliphatic carbocycles. The van der Waals surface area contributed by atoms with E-state index in [4.69, 9.17) is 4.74 Å². The van der Waals surface area contributed by atoms with Crippen LogP contribution >= 0.6 is 0 Å². The summed E-state index contributed by atoms with van der Waals surface area (Å²) in [6.45, 7) is 0. The molecule has 4 rings (SSSR count). The Balaban J connectivity index is 1.80. The van der Waals surface area contributed by atoms with Crippen LogP contribution in [-0.2, 0) is 17.6 Å². The van der Waals surface area contributed by atoms with Crippen molar-refractivity contribution in [1.29, 1.82) is 0 Å². The van der Waals surface area contributed by atoms with Crippen LogP contribution in [-0.4, -0.2) is 22.9 Å². The molecule has 1 heterocycles. The van der Waals surface area contributed by atoms with Gasteiger partial charge < -0.3 is 4.74 Å². The highest BCUT2D eigenvalue weighted by Gasteiger charge is 2.28. The fraction of sp³-hybridized carbons (Fsp3) is 0.200. The van der Waals surface area contributed by atoms with E-state index in [1.165, 1.54) is 18.2 Å². The average Bonchev–Trinajstić information content (AvgIpc) is 3.25. The maximum atomic E-state index is 12.2. The molecule has 0 amide bonds. The van der Waals surface area contributed by atoms with E-state index >= 15 is 0 Å². The highest BCUT2D eigenvalue weighted by molar-refractivity contribution is 5.96. The summed E-state index contributed by atoms with van der Waals surface area (Å²) in [4.78, 5) is 12.2. The number of esters is 1. The molecular formula is C20H18N2O2. The summed E-state index contributed by atoms with van der Waals surface area (Å²) >= 11 is 0. The Labute approximate surface area is 140 Å². The molecule has 1 aromatic heterocycles. The molecule has 0 aliphatic heterocycles. The molecule has 0 unspecified atom stereocenters. The van der Waals surface area contributed by atoms with E-state index < -0.39 is 0 Å². The third kappa shape index (κ3) is 2.40. The molecular weight excluding hydrogens is 300 g/mol. The predicted octanol–water partition coefficient (Wildman–Crippen LogP) is 3.68. The van der Waals surface area contributed by atoms with Gasteiger partial charge >= 0.3 is 5.97 Å². The van der Waals surface area contributed by atoms with E-state index in [0.717, 1.165) is 24.1 Å². The Kier molecular flexibility index (Phi) is 3.65. The first kappa shape index (κ1) is 14.7. The Hall–Kier alpha value is -2.88. The summed E-state index contributed by atoms with van der Waals surface area (Å²) in [5, 5.41) is 4.54. The number of hydrogen-bond acceptors (Lipinski definition) is 3. The third-order valence-electron chi connectivity index (χ3n) is 4.62. The largest absolute Gasteiger partial charge is 0.465 e. The van der Waals surface area contributed by atoms with Crippen molar-refractivity contribution in [1.82, 2.24) is 9.78 Å². The van der Waals surface area contributed by atoms with E-state index in [0.29, 0.717) is 5.56 Å². The van der Waals surface area contributed by atoms with Crippen molar-refractivity contribution in [2.45, 2.75) is 18.9 Å². The average molecular weight is 318 g/mol. The van der Waals surface area contributed by atoms with Gasteiger partial charge in [0.1, 0.15) is 5.56 Å². The summed E-state index contributed by atoms with van der Waals surface area (Å²) in [7, 11) is 1.40. The number of nitrogens with zero attached hydrogens (tertiary/aromatic N) is 2. The first-order valence-electron chi connectivity index (χ1n) is 8.06. The lowest BCUT2D eigenvalue weighted by molar-refractivity contribution is 0.0601. The van der Waals surface area contributed by atoms with Gasteiger partial charge in [0.2, 0.25) is 0 Å². The highest BCUT2D eigenvalue weighted by atomic mass is 16.5. The van der Waals surface area contributed by atoms with Gasteiger partial charge in [0.15, 0.2) is 0 Å². The smallest absolute Gasteiger partial charge is 0.341 e. The fourth-order valence-electron chi connectivity index (χ4n) is 3.49. The van der Waals surface area contributed by atoms with Crippen molar-refractivity contribution in [2.24, 2.45) is 0 Å². The van der Waals surface area contributed by atoms with Crippen molar-refractivity contribution in [3.63, 3.8) is 0 Å². The number of fused-ring (bicyclic) bond motifs is 1. The zero-order valence-corrected chi connectivity index (χ0v) is 13.5. The highest BCUT2D eigenvalue weighted by Crippen LogP contribution is 2.34. The van der Waals surface area contributed by atoms with Gasteiger partial charge in [0.25, 0.3) is 0 Å². The predicted molar refractivity (Wildman–Crippen MR) is 91.9 cm³/mol. The van der Waals surface area contributed by atoms with E-state index in [1.54, 1.807) is 6.20 Å². The van der Waals surface area contributed by atoms with E-state index in [9.17, 15) is 4.79 Å². The number of aromatic nitrogens is 2. The number of methoxy groups -OCH3 is 1. The number of carbonyl (C=O) groups is 1. The van der Waals surface area contributed by atoms with Gasteiger partial charge in [-0.2, -0.15) is 5.10 Å². The van der Waals surface area contributed by atoms with Crippen LogP contribution in [0.1, 0.15) is 27.5 Å². The number of carbonyl (C=O) groups excluding carboxylic acids is 1. The Morgan fingerprint density at radius 1 is 1.04 bits per heavy atom. The van der Waals surface area contributed by atoms with Crippen LogP contribution < -0.4 is 0 Å². The summed E-state index contributed by atoms with van der Waals surface area (Å²) in [5.74, 6) is -0.351. The van der Waals surface area contributed by atoms with Gasteiger partial charge in [-0.3, -0.25) is 4.68 Å². The lowest BCUT2D eigenvalue weighted by Gasteiger charge is -2.15. The molecule has 3 aromatic rings. The molecule has 4 nitrogen and oxygen atoms in total. The van der Waals surface area contributed by atoms with Crippen molar-refractivity contribution in [3.8, 4) is 11.3 Å². The molecule has 0 N–H and O–H groups in total. The molecule has 4 heteroatoms. The Morgan fingerprint density at radius 3 is 2.29 bits per heavy atom. The van der Waals surface area contributed by atoms with Crippen LogP contribution in [0.2, 0.25) is 0 Å². The van der Waals surface area contributed by atoms with Crippen LogP contribution in [0.3, 0.4) is 0 Å². The van der Waals surface area contributed by atoms with Crippen LogP contribution in [0.4, 0.5) is 0 Å². The van der Waals surface area contributed by atoms with Crippen LogP contribution in [0.5, 0.6) is 0 Å². The SMILES string of the molecule is COC(=O)c1cnn(C2Cc3ccccc3C2)c1-c1ccccc1. The van der Waals surface area contributed by atoms with Crippen molar-refractivity contribution in [3.05, 3.63) is 77.5 Å². The maximum absolute atomic E-state index is 12.2. The zero-order valence-electron chi connectivity index (χ0n) is 13.5. The quantitative estimate of drug-likeness (QED) is 0.692. The van der Waals surface area contributed by atoms with Gasteiger partial charge in [0, 0.05) is 5.56 Å². The summed E-state index contributed by atoms with van der Waals surface area (Å²) < 4.78 is 6.93. The van der Waals surface area contributed by atoms with Gasteiger partial charge in [-0.05, 0) is 24.0 Å². The molecule has 0 spiro atoms. The van der Waals surface area contributed by atoms with Gasteiger partial charge in [-0.15, -0.1) is 0 Å². The molecule has 0 saturated heterocycles. The monoisotopic (exact) mass is 318 g/mol. The minimum atomic E-state index is -0.351. The van der Waals surface area contributed by atoms with Crippen LogP contribution in [0.25, 0.3) is 11.3 Å². The fourth-order valence-corrected chi connectivity index (χ4v) is 3.49. The minimum Gasteiger partial charge on any atom is -0.465 e. The second-order valence-electron chi connectivity index (χ2n) is 6.04. The standard InChI is InChI=1S/C20H18N2O2/c1-24-20(23)18-13-21-22(19(18)14-7-3-2-4-8-14)17-11-15-9-5-6-10-16(15)12-17/h2-10,13,17H,11-12H2,1H3. The van der Waals surface area contributed by atoms with Crippen molar-refractivity contribution >= 4 is 5.97 Å². The normalized spacial score (nSPS) is 13.7. The molecule has 0 atom stereocenters. The Morgan fingerprint density at radius 2 is 1.67 bits per heavy atom. The number of benzene rings is 2. The van der Waals surface area contributed by atoms with E-state index in [2.05, 4.69) is 29.4 Å². The molecule has 24 heavy (non-hydrogen) atoms. The summed E-state index contributed by atoms with van der Waals surface area (Å²) in [6, 6.07) is 18.6. The topological polar surface area (TPSA) is 44.1 Å². The van der Waals surface area contributed by atoms with Gasteiger partial charge in [0.05, 0.1) is 25.0 Å². The molecule has 0 radical (unpaired) electrons. The lowest BCUT2D eigenvalue weighted by atomic mass is 10.1. The van der Waals surface area contributed by atoms with E-state index in [1.807, 2.05) is 35.0 Å². The molecule has 120 valence electrons. The van der Waals surface area contributed by atoms with Gasteiger partial charge in [-0.25, -0.2) is 4.79 Å². The molecule has 0 fully saturated rings. The van der Waals surface area contributed by atoms with Crippen molar-refractivity contribution in [2.75, 3.05) is 7.11 Å². The van der Waals surface area contributed by atoms with Crippen LogP contribution in [0.15, 0.2) is 60.8 Å². The van der Waals surface area contributed by atoms with Gasteiger partial charge in [-0.1, -0.05) is 54.6 Å². The molecule has 1 aliphatic rings. The summed E-state index contributed by atoms with van der Waals surface area (Å²) in [6.07, 6.45) is 3.48. The third-order valence-corrected chi connectivity index (χ3v) is 4.62. The molecule has 0 saturated carbocycles. The number of rotatable bonds is 3. The second-order valence-corrected chi connectivity index (χ2v) is 6.04. The zero-order chi connectivity index (χ0) is 16.5.